The Morgan fingerprint density at radius 2 is 2.25 bits per heavy atom. The van der Waals surface area contributed by atoms with Crippen LogP contribution in [0.1, 0.15) is 26.7 Å². The molecule has 0 aromatic rings. The van der Waals surface area contributed by atoms with Crippen molar-refractivity contribution in [2.45, 2.75) is 26.7 Å². The zero-order valence-corrected chi connectivity index (χ0v) is 5.48. The molecular weight excluding hydrogens is 100 g/mol. The van der Waals surface area contributed by atoms with Crippen LogP contribution in [-0.2, 0) is 4.79 Å². The SMILES string of the molecule is C/C=C/CCC(C)=O. The summed E-state index contributed by atoms with van der Waals surface area (Å²) in [6.07, 6.45) is 5.54. The van der Waals surface area contributed by atoms with E-state index in [1.54, 1.807) is 6.92 Å². The van der Waals surface area contributed by atoms with Gasteiger partial charge in [0.2, 0.25) is 0 Å². The number of carbonyl (C=O) groups excluding carboxylic acids is 1. The van der Waals surface area contributed by atoms with Crippen molar-refractivity contribution in [3.63, 3.8) is 0 Å². The van der Waals surface area contributed by atoms with Crippen LogP contribution in [0.5, 0.6) is 0 Å². The van der Waals surface area contributed by atoms with E-state index in [4.69, 9.17) is 0 Å². The second-order valence-electron chi connectivity index (χ2n) is 1.81. The summed E-state index contributed by atoms with van der Waals surface area (Å²) in [6, 6.07) is 0. The predicted molar refractivity (Wildman–Crippen MR) is 34.7 cm³/mol. The first kappa shape index (κ1) is 7.41. The van der Waals surface area contributed by atoms with Crippen LogP contribution in [0.25, 0.3) is 0 Å². The molecule has 0 fully saturated rings. The average molecular weight is 112 g/mol. The van der Waals surface area contributed by atoms with Gasteiger partial charge >= 0.3 is 0 Å². The second kappa shape index (κ2) is 4.57. The quantitative estimate of drug-likeness (QED) is 0.510. The van der Waals surface area contributed by atoms with E-state index < -0.39 is 0 Å². The predicted octanol–water partition coefficient (Wildman–Crippen LogP) is 1.93. The van der Waals surface area contributed by atoms with Gasteiger partial charge in [0.15, 0.2) is 0 Å². The van der Waals surface area contributed by atoms with Gasteiger partial charge < -0.3 is 4.79 Å². The molecule has 8 heavy (non-hydrogen) atoms. The van der Waals surface area contributed by atoms with Crippen molar-refractivity contribution < 1.29 is 4.79 Å². The van der Waals surface area contributed by atoms with Crippen LogP contribution >= 0.6 is 0 Å². The molecule has 0 aliphatic carbocycles. The summed E-state index contributed by atoms with van der Waals surface area (Å²) in [5.41, 5.74) is 0. The third kappa shape index (κ3) is 5.41. The molecule has 0 rings (SSSR count). The lowest BCUT2D eigenvalue weighted by Crippen LogP contribution is -1.85. The van der Waals surface area contributed by atoms with E-state index in [0.717, 1.165) is 6.42 Å². The summed E-state index contributed by atoms with van der Waals surface area (Å²) in [7, 11) is 0. The van der Waals surface area contributed by atoms with Crippen molar-refractivity contribution in [1.82, 2.24) is 0 Å². The molecule has 0 aromatic carbocycles. The van der Waals surface area contributed by atoms with Crippen LogP contribution in [0.3, 0.4) is 0 Å². The van der Waals surface area contributed by atoms with Crippen LogP contribution in [0.2, 0.25) is 0 Å². The molecule has 0 aliphatic rings. The highest BCUT2D eigenvalue weighted by atomic mass is 16.1. The molecule has 0 unspecified atom stereocenters. The van der Waals surface area contributed by atoms with Crippen LogP contribution in [-0.4, -0.2) is 5.78 Å². The van der Waals surface area contributed by atoms with Gasteiger partial charge in [0.05, 0.1) is 0 Å². The number of hydrogen-bond donors (Lipinski definition) is 0. The first-order valence-corrected chi connectivity index (χ1v) is 2.88. The highest BCUT2D eigenvalue weighted by Crippen LogP contribution is 1.90. The van der Waals surface area contributed by atoms with E-state index in [9.17, 15) is 4.79 Å². The molecule has 46 valence electrons. The zero-order valence-electron chi connectivity index (χ0n) is 5.48. The third-order valence-corrected chi connectivity index (χ3v) is 0.899. The summed E-state index contributed by atoms with van der Waals surface area (Å²) in [4.78, 5) is 10.3. The molecule has 0 atom stereocenters. The van der Waals surface area contributed by atoms with E-state index in [-0.39, 0.29) is 5.78 Å². The van der Waals surface area contributed by atoms with Gasteiger partial charge in [-0.2, -0.15) is 0 Å². The number of ketones is 1. The molecule has 0 aliphatic heterocycles. The Morgan fingerprint density at radius 1 is 1.62 bits per heavy atom. The van der Waals surface area contributed by atoms with Gasteiger partial charge in [-0.25, -0.2) is 0 Å². The van der Waals surface area contributed by atoms with Crippen molar-refractivity contribution in [3.8, 4) is 0 Å². The molecule has 0 saturated heterocycles. The molecule has 0 amide bonds. The fraction of sp³-hybridized carbons (Fsp3) is 0.571. The van der Waals surface area contributed by atoms with Gasteiger partial charge in [-0.3, -0.25) is 0 Å². The fourth-order valence-electron chi connectivity index (χ4n) is 0.453. The molecule has 0 N–H and O–H groups in total. The van der Waals surface area contributed by atoms with Crippen LogP contribution < -0.4 is 0 Å². The smallest absolute Gasteiger partial charge is 0.130 e. The van der Waals surface area contributed by atoms with E-state index in [0.29, 0.717) is 6.42 Å². The van der Waals surface area contributed by atoms with Gasteiger partial charge in [-0.15, -0.1) is 0 Å². The average Bonchev–Trinajstić information content (AvgIpc) is 1.66. The Bertz CT molecular complexity index is 92.6. The molecule has 0 bridgehead atoms. The number of hydrogen-bond acceptors (Lipinski definition) is 1. The van der Waals surface area contributed by atoms with Crippen molar-refractivity contribution in [2.24, 2.45) is 0 Å². The van der Waals surface area contributed by atoms with Crippen LogP contribution in [0.4, 0.5) is 0 Å². The van der Waals surface area contributed by atoms with Crippen molar-refractivity contribution in [3.05, 3.63) is 12.2 Å². The van der Waals surface area contributed by atoms with Gasteiger partial charge in [0.25, 0.3) is 0 Å². The maximum absolute atomic E-state index is 10.3. The summed E-state index contributed by atoms with van der Waals surface area (Å²) in [5.74, 6) is 0.267. The summed E-state index contributed by atoms with van der Waals surface area (Å²) in [5, 5.41) is 0. The number of Topliss-reactive ketones (excluding diaryl/α,β-unsaturated/α-hetero) is 1. The van der Waals surface area contributed by atoms with Gasteiger partial charge in [0.1, 0.15) is 5.78 Å². The topological polar surface area (TPSA) is 17.1 Å². The molecular formula is C7H12O. The van der Waals surface area contributed by atoms with E-state index >= 15 is 0 Å². The second-order valence-corrected chi connectivity index (χ2v) is 1.81. The normalized spacial score (nSPS) is 10.2. The van der Waals surface area contributed by atoms with E-state index in [1.807, 2.05) is 19.1 Å². The maximum Gasteiger partial charge on any atom is 0.130 e. The number of allylic oxidation sites excluding steroid dienone is 2. The summed E-state index contributed by atoms with van der Waals surface area (Å²) >= 11 is 0. The minimum Gasteiger partial charge on any atom is -0.300 e. The molecule has 1 nitrogen and oxygen atoms in total. The third-order valence-electron chi connectivity index (χ3n) is 0.899. The zero-order chi connectivity index (χ0) is 6.41. The Kier molecular flexibility index (Phi) is 4.23. The Hall–Kier alpha value is -0.590. The Labute approximate surface area is 50.4 Å². The van der Waals surface area contributed by atoms with Crippen molar-refractivity contribution in [1.29, 1.82) is 0 Å². The highest BCUT2D eigenvalue weighted by molar-refractivity contribution is 5.75. The largest absolute Gasteiger partial charge is 0.300 e. The summed E-state index contributed by atoms with van der Waals surface area (Å²) < 4.78 is 0. The van der Waals surface area contributed by atoms with E-state index in [2.05, 4.69) is 0 Å². The lowest BCUT2D eigenvalue weighted by atomic mass is 10.2. The van der Waals surface area contributed by atoms with Gasteiger partial charge in [-0.1, -0.05) is 12.2 Å². The minimum absolute atomic E-state index is 0.267. The van der Waals surface area contributed by atoms with Crippen LogP contribution in [0.15, 0.2) is 12.2 Å². The molecule has 0 spiro atoms. The Balaban J connectivity index is 3.05. The van der Waals surface area contributed by atoms with Gasteiger partial charge in [0, 0.05) is 6.42 Å². The molecule has 0 radical (unpaired) electrons. The standard InChI is InChI=1S/C7H12O/c1-3-4-5-6-7(2)8/h3-4H,5-6H2,1-2H3/b4-3+. The monoisotopic (exact) mass is 112 g/mol. The first-order valence-electron chi connectivity index (χ1n) is 2.88. The lowest BCUT2D eigenvalue weighted by molar-refractivity contribution is -0.116. The number of rotatable bonds is 3. The first-order chi connectivity index (χ1) is 3.77. The van der Waals surface area contributed by atoms with E-state index in [1.165, 1.54) is 0 Å². The van der Waals surface area contributed by atoms with Crippen LogP contribution in [0, 0.1) is 0 Å². The fourth-order valence-corrected chi connectivity index (χ4v) is 0.453. The Morgan fingerprint density at radius 3 is 2.62 bits per heavy atom. The number of carbonyl (C=O) groups is 1. The highest BCUT2D eigenvalue weighted by Gasteiger charge is 1.86. The maximum atomic E-state index is 10.3. The molecule has 1 heteroatoms. The van der Waals surface area contributed by atoms with Gasteiger partial charge in [-0.05, 0) is 20.3 Å². The van der Waals surface area contributed by atoms with Crippen molar-refractivity contribution >= 4 is 5.78 Å². The summed E-state index contributed by atoms with van der Waals surface area (Å²) in [6.45, 7) is 3.57. The lowest BCUT2D eigenvalue weighted by Gasteiger charge is -1.84. The minimum atomic E-state index is 0.267. The molecule has 0 aromatic heterocycles. The van der Waals surface area contributed by atoms with Crippen molar-refractivity contribution in [2.75, 3.05) is 0 Å². The molecule has 0 saturated carbocycles. The molecule has 0 heterocycles.